The number of hydrogen-bond donors (Lipinski definition) is 14. The van der Waals surface area contributed by atoms with E-state index in [2.05, 4.69) is 104 Å². The van der Waals surface area contributed by atoms with Crippen molar-refractivity contribution in [2.45, 2.75) is 269 Å². The van der Waals surface area contributed by atoms with Gasteiger partial charge in [-0.25, -0.2) is 38.0 Å². The van der Waals surface area contributed by atoms with Crippen LogP contribution < -0.4 is 116 Å². The highest BCUT2D eigenvalue weighted by atomic mass is 19.1. The topological polar surface area (TPSA) is 468 Å². The number of H-pyrrole nitrogens is 7. The van der Waals surface area contributed by atoms with Crippen LogP contribution in [0.2, 0.25) is 0 Å². The second-order valence-electron chi connectivity index (χ2n) is 38.2. The number of halogens is 1. The van der Waals surface area contributed by atoms with Gasteiger partial charge in [-0.15, -0.1) is 0 Å². The standard InChI is InChI=1S/C17H21N3O2.C17H23N3O2.3C16H21N3O2.C15H18FN3O2.C15H19N3O2/c1-11(2)20-15(21)10-14(19-17(20)22)18-16(13-8-9-13)12-6-4-3-5-7-12;1-4-8-14(13-9-6-5-7-10-13)18-15-11-16(21)20(12(2)3)17(22)19-15;1-10(2)19-15(20)9-14(18-16(19)21)17-12(4)13-7-5-6-11(3)8-13;1-4-11(2)19-15(20)10-14(18-16(19)21)17-12(3)13-8-6-5-7-9-13;1-4-13(12-8-6-5-7-9-12)17-14-10-15(20)19(11(2)3)16(21)18-14;1-9(2)19-14(20)8-13(18-15(19)21)17-10(3)11-5-4-6-12(16)7-11;1-10(2)18-14(19)9-13(17-15(18)20)16-11(3)12-7-5-4-6-8-12/h3-7,10-11,13,16,18H,8-9H2,1-2H3,(H,19,22);5-7,9-12,14,18H,4,8H2,1-3H3,(H,19,22);5-10,12,17H,1-4H3,(H,18,21);5-12,17H,4H2,1-3H3,(H,18,21);5-11,13,17H,4H2,1-3H3,(H,18,21);4-10,17H,1-3H3,(H,18,21);4-11,16H,1-3H3,(H,17,20)/t;14-;12-;11?,12-;13-;10-;11-/m.000000/s1. The molecule has 14 N–H and O–H groups in total. The molecule has 0 amide bonds. The third-order valence-electron chi connectivity index (χ3n) is 24.5. The van der Waals surface area contributed by atoms with Crippen molar-refractivity contribution in [1.82, 2.24) is 66.9 Å². The quantitative estimate of drug-likeness (QED) is 0.0182. The minimum absolute atomic E-state index is 0.000647. The molecule has 0 radical (unpaired) electrons. The highest BCUT2D eigenvalue weighted by molar-refractivity contribution is 5.44. The zero-order valence-corrected chi connectivity index (χ0v) is 88.2. The zero-order valence-electron chi connectivity index (χ0n) is 88.2. The smallest absolute Gasteiger partial charge is 0.330 e. The van der Waals surface area contributed by atoms with Gasteiger partial charge in [-0.1, -0.05) is 221 Å². The Bertz CT molecular complexity index is 7210. The van der Waals surface area contributed by atoms with Crippen LogP contribution in [-0.2, 0) is 0 Å². The molecule has 0 aliphatic heterocycles. The maximum atomic E-state index is 13.2. The van der Waals surface area contributed by atoms with E-state index in [1.807, 2.05) is 248 Å². The Morgan fingerprint density at radius 1 is 0.264 bits per heavy atom. The summed E-state index contributed by atoms with van der Waals surface area (Å²) < 4.78 is 21.6. The summed E-state index contributed by atoms with van der Waals surface area (Å²) in [6.45, 7) is 39.4. The van der Waals surface area contributed by atoms with Crippen LogP contribution in [0.4, 0.5) is 45.1 Å². The average Bonchev–Trinajstić information content (AvgIpc) is 1.75. The lowest BCUT2D eigenvalue weighted by atomic mass is 10.0. The molecule has 1 fully saturated rings. The van der Waals surface area contributed by atoms with Crippen molar-refractivity contribution in [2.75, 3.05) is 37.2 Å². The van der Waals surface area contributed by atoms with Crippen LogP contribution in [0.25, 0.3) is 0 Å². The molecular formula is C112H144FN21O14. The van der Waals surface area contributed by atoms with Gasteiger partial charge < -0.3 is 37.2 Å². The molecule has 7 aromatic heterocycles. The molecule has 1 saturated carbocycles. The fourth-order valence-electron chi connectivity index (χ4n) is 16.6. The molecule has 788 valence electrons. The Kier molecular flexibility index (Phi) is 43.1. The first kappa shape index (κ1) is 115. The molecule has 8 atom stereocenters. The summed E-state index contributed by atoms with van der Waals surface area (Å²) >= 11 is 0. The number of hydrogen-bond acceptors (Lipinski definition) is 21. The fraction of sp³-hybridized carbons (Fsp3) is 0.375. The number of benzene rings is 7. The molecule has 1 aliphatic carbocycles. The zero-order chi connectivity index (χ0) is 108. The summed E-state index contributed by atoms with van der Waals surface area (Å²) in [6.07, 6.45) is 5.83. The number of anilines is 7. The van der Waals surface area contributed by atoms with Gasteiger partial charge in [0.05, 0.1) is 18.1 Å². The molecule has 0 spiro atoms. The van der Waals surface area contributed by atoms with Crippen molar-refractivity contribution in [1.29, 1.82) is 0 Å². The van der Waals surface area contributed by atoms with E-state index in [4.69, 9.17) is 0 Å². The Morgan fingerprint density at radius 3 is 0.770 bits per heavy atom. The van der Waals surface area contributed by atoms with Gasteiger partial charge in [-0.05, 0) is 214 Å². The number of aromatic amines is 7. The average molecular weight is 2030 g/mol. The predicted molar refractivity (Wildman–Crippen MR) is 592 cm³/mol. The fourth-order valence-corrected chi connectivity index (χ4v) is 16.6. The molecule has 36 heteroatoms. The van der Waals surface area contributed by atoms with Gasteiger partial charge in [0.25, 0.3) is 38.9 Å². The lowest BCUT2D eigenvalue weighted by Gasteiger charge is -2.20. The summed E-state index contributed by atoms with van der Waals surface area (Å²) in [5.74, 6) is 3.28. The molecule has 2 unspecified atom stereocenters. The van der Waals surface area contributed by atoms with Crippen molar-refractivity contribution in [3.63, 3.8) is 0 Å². The van der Waals surface area contributed by atoms with Crippen LogP contribution in [0.5, 0.6) is 0 Å². The number of nitrogens with one attached hydrogen (secondary N) is 14. The molecule has 14 aromatic rings. The Hall–Kier alpha value is -16.2. The van der Waals surface area contributed by atoms with Crippen molar-refractivity contribution >= 4 is 40.7 Å². The summed E-state index contributed by atoms with van der Waals surface area (Å²) in [7, 11) is 0. The molecule has 148 heavy (non-hydrogen) atoms. The van der Waals surface area contributed by atoms with Crippen molar-refractivity contribution in [3.8, 4) is 0 Å². The van der Waals surface area contributed by atoms with E-state index in [1.165, 1.54) is 106 Å². The molecule has 0 saturated heterocycles. The number of aryl methyl sites for hydroxylation is 1. The van der Waals surface area contributed by atoms with Gasteiger partial charge in [0.15, 0.2) is 0 Å². The second kappa shape index (κ2) is 55.2. The van der Waals surface area contributed by atoms with Crippen LogP contribution >= 0.6 is 0 Å². The van der Waals surface area contributed by atoms with E-state index in [9.17, 15) is 71.5 Å². The lowest BCUT2D eigenvalue weighted by molar-refractivity contribution is 0.490. The molecule has 7 aromatic carbocycles. The van der Waals surface area contributed by atoms with Crippen LogP contribution in [0.15, 0.2) is 310 Å². The van der Waals surface area contributed by atoms with Gasteiger partial charge in [-0.2, -0.15) is 0 Å². The van der Waals surface area contributed by atoms with Gasteiger partial charge in [0.2, 0.25) is 0 Å². The Labute approximate surface area is 857 Å². The summed E-state index contributed by atoms with van der Waals surface area (Å²) in [5.41, 5.74) is 3.74. The maximum Gasteiger partial charge on any atom is 0.330 e. The van der Waals surface area contributed by atoms with Crippen LogP contribution in [0.1, 0.15) is 306 Å². The normalized spacial score (nSPS) is 13.1. The van der Waals surface area contributed by atoms with Crippen LogP contribution in [0, 0.1) is 18.7 Å². The minimum atomic E-state index is -0.466. The molecule has 15 rings (SSSR count). The Morgan fingerprint density at radius 2 is 0.507 bits per heavy atom. The van der Waals surface area contributed by atoms with E-state index >= 15 is 0 Å². The summed E-state index contributed by atoms with van der Waals surface area (Å²) in [5, 5.41) is 22.3. The Balaban J connectivity index is 0.000000192. The summed E-state index contributed by atoms with van der Waals surface area (Å²) in [4.78, 5) is 187. The number of aromatic nitrogens is 14. The molecule has 1 aliphatic rings. The van der Waals surface area contributed by atoms with E-state index in [0.29, 0.717) is 46.6 Å². The first-order valence-electron chi connectivity index (χ1n) is 50.3. The molecule has 35 nitrogen and oxygen atoms in total. The van der Waals surface area contributed by atoms with Crippen LogP contribution in [-0.4, -0.2) is 66.9 Å². The van der Waals surface area contributed by atoms with Gasteiger partial charge >= 0.3 is 39.8 Å². The first-order valence-corrected chi connectivity index (χ1v) is 50.3. The minimum Gasteiger partial charge on any atom is -0.365 e. The highest BCUT2D eigenvalue weighted by Crippen LogP contribution is 2.42. The monoisotopic (exact) mass is 2030 g/mol. The third kappa shape index (κ3) is 33.4. The van der Waals surface area contributed by atoms with E-state index in [0.717, 1.165) is 63.6 Å². The SMILES string of the molecule is CC(C)n1c(=O)cc(NC(c2ccccc2)C2CC2)[nH]c1=O.CC(C)n1c(=O)cc(N[C@@H](C)c2cccc(F)c2)[nH]c1=O.CC(C)n1c(=O)cc(N[C@@H](C)c2ccccc2)[nH]c1=O.CCC(C)n1c(=O)cc(N[C@@H](C)c2ccccc2)[nH]c1=O.CCC[C@H](Nc1cc(=O)n(C(C)C)c(=O)[nH]1)c1ccccc1.CC[C@H](Nc1cc(=O)n(C(C)C)c(=O)[nH]1)c1ccccc1.Cc1cccc([C@H](C)Nc2cc(=O)n(C(C)C)c(=O)[nH]2)c1. The van der Waals surface area contributed by atoms with E-state index in [1.54, 1.807) is 53.7 Å². The largest absolute Gasteiger partial charge is 0.365 e. The molecule has 7 heterocycles. The van der Waals surface area contributed by atoms with Gasteiger partial charge in [0.1, 0.15) is 46.5 Å². The van der Waals surface area contributed by atoms with Gasteiger partial charge in [0, 0.05) is 109 Å². The third-order valence-corrected chi connectivity index (χ3v) is 24.5. The van der Waals surface area contributed by atoms with E-state index in [-0.39, 0.29) is 152 Å². The molecular weight excluding hydrogens is 1880 g/mol. The molecule has 0 bridgehead atoms. The highest BCUT2D eigenvalue weighted by Gasteiger charge is 2.33. The lowest BCUT2D eigenvalue weighted by Crippen LogP contribution is -2.37. The van der Waals surface area contributed by atoms with Crippen molar-refractivity contribution < 1.29 is 4.39 Å². The van der Waals surface area contributed by atoms with Crippen LogP contribution in [0.3, 0.4) is 0 Å². The van der Waals surface area contributed by atoms with Gasteiger partial charge in [-0.3, -0.25) is 100 Å². The number of nitrogens with zero attached hydrogens (tertiary/aromatic N) is 7. The van der Waals surface area contributed by atoms with E-state index < -0.39 is 17.1 Å². The van der Waals surface area contributed by atoms with Crippen molar-refractivity contribution in [2.24, 2.45) is 5.92 Å². The first-order chi connectivity index (χ1) is 70.4. The number of rotatable bonds is 33. The van der Waals surface area contributed by atoms with Crippen molar-refractivity contribution in [3.05, 3.63) is 439 Å². The predicted octanol–water partition coefficient (Wildman–Crippen LogP) is 18.4. The second-order valence-corrected chi connectivity index (χ2v) is 38.2. The maximum absolute atomic E-state index is 13.2. The summed E-state index contributed by atoms with van der Waals surface area (Å²) in [6, 6.07) is 72.9.